The van der Waals surface area contributed by atoms with E-state index in [-0.39, 0.29) is 11.6 Å². The molecule has 5 heteroatoms. The summed E-state index contributed by atoms with van der Waals surface area (Å²) in [6, 6.07) is 13.5. The molecular formula is C21H25NO4. The number of benzene rings is 2. The smallest absolute Gasteiger partial charge is 0.335 e. The third-order valence-corrected chi connectivity index (χ3v) is 4.88. The van der Waals surface area contributed by atoms with Crippen molar-refractivity contribution in [2.75, 3.05) is 13.7 Å². The molecule has 0 aliphatic carbocycles. The molecule has 1 aliphatic heterocycles. The monoisotopic (exact) mass is 355 g/mol. The molecule has 26 heavy (non-hydrogen) atoms. The van der Waals surface area contributed by atoms with Crippen LogP contribution in [0.2, 0.25) is 0 Å². The highest BCUT2D eigenvalue weighted by Gasteiger charge is 2.27. The summed E-state index contributed by atoms with van der Waals surface area (Å²) in [4.78, 5) is 13.6. The number of nitrogens with zero attached hydrogens (tertiary/aromatic N) is 1. The Hall–Kier alpha value is -2.53. The summed E-state index contributed by atoms with van der Waals surface area (Å²) in [7, 11) is 1.66. The van der Waals surface area contributed by atoms with Crippen LogP contribution in [0.25, 0.3) is 0 Å². The normalized spacial score (nSPS) is 17.3. The predicted octanol–water partition coefficient (Wildman–Crippen LogP) is 3.81. The summed E-state index contributed by atoms with van der Waals surface area (Å²) >= 11 is 0. The Morgan fingerprint density at radius 2 is 2.00 bits per heavy atom. The SMILES string of the molecule is COc1ccc(CN2Cc3ccc(C(=O)O)cc3OCC2C(C)C)cc1. The Kier molecular flexibility index (Phi) is 5.47. The van der Waals surface area contributed by atoms with Crippen LogP contribution in [-0.4, -0.2) is 35.7 Å². The molecular weight excluding hydrogens is 330 g/mol. The van der Waals surface area contributed by atoms with E-state index in [4.69, 9.17) is 9.47 Å². The minimum absolute atomic E-state index is 0.248. The summed E-state index contributed by atoms with van der Waals surface area (Å²) in [5.74, 6) is 1.00. The third kappa shape index (κ3) is 3.99. The molecule has 0 saturated heterocycles. The molecule has 0 aromatic heterocycles. The molecule has 0 amide bonds. The molecule has 0 saturated carbocycles. The number of carbonyl (C=O) groups is 1. The van der Waals surface area contributed by atoms with Crippen LogP contribution in [0.3, 0.4) is 0 Å². The van der Waals surface area contributed by atoms with Crippen LogP contribution < -0.4 is 9.47 Å². The Morgan fingerprint density at radius 1 is 1.27 bits per heavy atom. The molecule has 2 aromatic rings. The quantitative estimate of drug-likeness (QED) is 0.884. The number of carboxylic acids is 1. The van der Waals surface area contributed by atoms with Crippen molar-refractivity contribution >= 4 is 5.97 Å². The highest BCUT2D eigenvalue weighted by Crippen LogP contribution is 2.29. The van der Waals surface area contributed by atoms with Gasteiger partial charge in [0, 0.05) is 24.7 Å². The number of carboxylic acid groups (broad SMARTS) is 1. The summed E-state index contributed by atoms with van der Waals surface area (Å²) in [5, 5.41) is 9.21. The molecule has 1 atom stereocenters. The fraction of sp³-hybridized carbons (Fsp3) is 0.381. The fourth-order valence-corrected chi connectivity index (χ4v) is 3.32. The number of hydrogen-bond donors (Lipinski definition) is 1. The number of methoxy groups -OCH3 is 1. The van der Waals surface area contributed by atoms with Crippen LogP contribution in [-0.2, 0) is 13.1 Å². The highest BCUT2D eigenvalue weighted by atomic mass is 16.5. The van der Waals surface area contributed by atoms with Gasteiger partial charge in [0.05, 0.1) is 12.7 Å². The van der Waals surface area contributed by atoms with Crippen molar-refractivity contribution in [3.63, 3.8) is 0 Å². The standard InChI is InChI=1S/C21H25NO4/c1-14(2)19-13-26-20-10-16(21(23)24)6-7-17(20)12-22(19)11-15-4-8-18(25-3)9-5-15/h4-10,14,19H,11-13H2,1-3H3,(H,23,24). The zero-order valence-electron chi connectivity index (χ0n) is 15.4. The summed E-state index contributed by atoms with van der Waals surface area (Å²) < 4.78 is 11.2. The number of hydrogen-bond acceptors (Lipinski definition) is 4. The van der Waals surface area contributed by atoms with Crippen LogP contribution >= 0.6 is 0 Å². The zero-order chi connectivity index (χ0) is 18.7. The van der Waals surface area contributed by atoms with Crippen molar-refractivity contribution < 1.29 is 19.4 Å². The van der Waals surface area contributed by atoms with E-state index >= 15 is 0 Å². The van der Waals surface area contributed by atoms with Gasteiger partial charge in [0.1, 0.15) is 18.1 Å². The second kappa shape index (κ2) is 7.79. The second-order valence-electron chi connectivity index (χ2n) is 7.00. The Labute approximate surface area is 154 Å². The fourth-order valence-electron chi connectivity index (χ4n) is 3.32. The van der Waals surface area contributed by atoms with E-state index in [1.165, 1.54) is 5.56 Å². The maximum absolute atomic E-state index is 11.2. The molecule has 1 heterocycles. The lowest BCUT2D eigenvalue weighted by atomic mass is 10.0. The van der Waals surface area contributed by atoms with Crippen molar-refractivity contribution in [3.8, 4) is 11.5 Å². The number of ether oxygens (including phenoxy) is 2. The third-order valence-electron chi connectivity index (χ3n) is 4.88. The molecule has 1 unspecified atom stereocenters. The van der Waals surface area contributed by atoms with Crippen molar-refractivity contribution in [2.45, 2.75) is 33.0 Å². The maximum Gasteiger partial charge on any atom is 0.335 e. The molecule has 5 nitrogen and oxygen atoms in total. The molecule has 0 radical (unpaired) electrons. The van der Waals surface area contributed by atoms with Gasteiger partial charge in [0.25, 0.3) is 0 Å². The lowest BCUT2D eigenvalue weighted by Gasteiger charge is -2.32. The van der Waals surface area contributed by atoms with Gasteiger partial charge in [0.15, 0.2) is 0 Å². The van der Waals surface area contributed by atoms with Gasteiger partial charge in [-0.2, -0.15) is 0 Å². The predicted molar refractivity (Wildman–Crippen MR) is 99.8 cm³/mol. The Bertz CT molecular complexity index is 770. The summed E-state index contributed by atoms with van der Waals surface area (Å²) in [5.41, 5.74) is 2.49. The van der Waals surface area contributed by atoms with E-state index in [1.807, 2.05) is 18.2 Å². The topological polar surface area (TPSA) is 59.0 Å². The van der Waals surface area contributed by atoms with Gasteiger partial charge in [0.2, 0.25) is 0 Å². The van der Waals surface area contributed by atoms with Crippen LogP contribution in [0.1, 0.15) is 35.3 Å². The first kappa shape index (κ1) is 18.3. The average Bonchev–Trinajstić information content (AvgIpc) is 2.80. The van der Waals surface area contributed by atoms with E-state index in [1.54, 1.807) is 19.2 Å². The maximum atomic E-state index is 11.2. The average molecular weight is 355 g/mol. The summed E-state index contributed by atoms with van der Waals surface area (Å²) in [6.07, 6.45) is 0. The molecule has 1 aliphatic rings. The van der Waals surface area contributed by atoms with E-state index in [0.29, 0.717) is 18.3 Å². The zero-order valence-corrected chi connectivity index (χ0v) is 15.4. The molecule has 0 spiro atoms. The van der Waals surface area contributed by atoms with E-state index < -0.39 is 5.97 Å². The van der Waals surface area contributed by atoms with Crippen LogP contribution in [0.5, 0.6) is 11.5 Å². The molecule has 0 fully saturated rings. The van der Waals surface area contributed by atoms with Crippen molar-refractivity contribution in [1.29, 1.82) is 0 Å². The molecule has 3 rings (SSSR count). The van der Waals surface area contributed by atoms with E-state index in [0.717, 1.165) is 24.4 Å². The van der Waals surface area contributed by atoms with Gasteiger partial charge in [-0.05, 0) is 35.7 Å². The minimum atomic E-state index is -0.934. The first-order valence-corrected chi connectivity index (χ1v) is 8.84. The van der Waals surface area contributed by atoms with Crippen LogP contribution in [0, 0.1) is 5.92 Å². The number of aromatic carboxylic acids is 1. The van der Waals surface area contributed by atoms with Crippen LogP contribution in [0.15, 0.2) is 42.5 Å². The Balaban J connectivity index is 1.86. The minimum Gasteiger partial charge on any atom is -0.497 e. The highest BCUT2D eigenvalue weighted by molar-refractivity contribution is 5.88. The van der Waals surface area contributed by atoms with Gasteiger partial charge in [-0.15, -0.1) is 0 Å². The largest absolute Gasteiger partial charge is 0.497 e. The van der Waals surface area contributed by atoms with E-state index in [2.05, 4.69) is 30.9 Å². The van der Waals surface area contributed by atoms with Crippen molar-refractivity contribution in [1.82, 2.24) is 4.90 Å². The molecule has 0 bridgehead atoms. The van der Waals surface area contributed by atoms with Crippen molar-refractivity contribution in [3.05, 3.63) is 59.2 Å². The second-order valence-corrected chi connectivity index (χ2v) is 7.00. The molecule has 1 N–H and O–H groups in total. The van der Waals surface area contributed by atoms with Crippen LogP contribution in [0.4, 0.5) is 0 Å². The first-order valence-electron chi connectivity index (χ1n) is 8.84. The molecule has 138 valence electrons. The van der Waals surface area contributed by atoms with Crippen molar-refractivity contribution in [2.24, 2.45) is 5.92 Å². The summed E-state index contributed by atoms with van der Waals surface area (Å²) in [6.45, 7) is 6.45. The molecule has 2 aromatic carbocycles. The number of rotatable bonds is 5. The number of fused-ring (bicyclic) bond motifs is 1. The van der Waals surface area contributed by atoms with Gasteiger partial charge in [-0.3, -0.25) is 4.90 Å². The van der Waals surface area contributed by atoms with Gasteiger partial charge < -0.3 is 14.6 Å². The first-order chi connectivity index (χ1) is 12.5. The van der Waals surface area contributed by atoms with Gasteiger partial charge >= 0.3 is 5.97 Å². The van der Waals surface area contributed by atoms with E-state index in [9.17, 15) is 9.90 Å². The lowest BCUT2D eigenvalue weighted by molar-refractivity contribution is 0.0696. The Morgan fingerprint density at radius 3 is 2.62 bits per heavy atom. The van der Waals surface area contributed by atoms with Gasteiger partial charge in [-0.25, -0.2) is 4.79 Å². The lowest BCUT2D eigenvalue weighted by Crippen LogP contribution is -2.40. The van der Waals surface area contributed by atoms with Gasteiger partial charge in [-0.1, -0.05) is 32.0 Å².